The lowest BCUT2D eigenvalue weighted by Crippen LogP contribution is -2.38. The van der Waals surface area contributed by atoms with Crippen molar-refractivity contribution in [2.45, 2.75) is 25.9 Å². The molecule has 0 aliphatic carbocycles. The van der Waals surface area contributed by atoms with E-state index in [1.807, 2.05) is 43.3 Å². The summed E-state index contributed by atoms with van der Waals surface area (Å²) in [6, 6.07) is 15.5. The molecule has 0 radical (unpaired) electrons. The van der Waals surface area contributed by atoms with Gasteiger partial charge in [-0.3, -0.25) is 14.6 Å². The zero-order valence-electron chi connectivity index (χ0n) is 14.7. The Morgan fingerprint density at radius 3 is 2.50 bits per heavy atom. The molecule has 3 rings (SSSR count). The number of benzene rings is 1. The molecule has 2 unspecified atom stereocenters. The molecule has 26 heavy (non-hydrogen) atoms. The first-order valence-electron chi connectivity index (χ1n) is 8.42. The summed E-state index contributed by atoms with van der Waals surface area (Å²) in [6.45, 7) is 3.57. The van der Waals surface area contributed by atoms with Crippen molar-refractivity contribution in [2.24, 2.45) is 0 Å². The van der Waals surface area contributed by atoms with E-state index in [1.165, 1.54) is 10.7 Å². The summed E-state index contributed by atoms with van der Waals surface area (Å²) >= 11 is 0. The Hall–Kier alpha value is -3.28. The quantitative estimate of drug-likeness (QED) is 0.769. The second kappa shape index (κ2) is 7.74. The molecule has 1 amide bonds. The number of carbonyl (C=O) groups is 1. The van der Waals surface area contributed by atoms with Gasteiger partial charge in [0.1, 0.15) is 6.04 Å². The largest absolute Gasteiger partial charge is 0.348 e. The lowest BCUT2D eigenvalue weighted by atomic mass is 10.1. The van der Waals surface area contributed by atoms with E-state index in [0.29, 0.717) is 5.69 Å². The van der Waals surface area contributed by atoms with Gasteiger partial charge in [-0.1, -0.05) is 30.3 Å². The van der Waals surface area contributed by atoms with E-state index < -0.39 is 6.04 Å². The molecule has 6 nitrogen and oxygen atoms in total. The smallest absolute Gasteiger partial charge is 0.267 e. The first-order chi connectivity index (χ1) is 12.6. The van der Waals surface area contributed by atoms with Crippen molar-refractivity contribution in [2.75, 3.05) is 0 Å². The molecule has 0 fully saturated rings. The predicted octanol–water partition coefficient (Wildman–Crippen LogP) is 2.74. The Labute approximate surface area is 151 Å². The molecule has 0 saturated heterocycles. The third-order valence-electron chi connectivity index (χ3n) is 4.19. The minimum atomic E-state index is -0.731. The summed E-state index contributed by atoms with van der Waals surface area (Å²) < 4.78 is 1.20. The van der Waals surface area contributed by atoms with Crippen LogP contribution in [-0.4, -0.2) is 20.7 Å². The van der Waals surface area contributed by atoms with Gasteiger partial charge in [-0.2, -0.15) is 5.10 Å². The second-order valence-electron chi connectivity index (χ2n) is 6.06. The molecule has 0 bridgehead atoms. The summed E-state index contributed by atoms with van der Waals surface area (Å²) in [5.74, 6) is -0.265. The zero-order valence-corrected chi connectivity index (χ0v) is 14.7. The van der Waals surface area contributed by atoms with Gasteiger partial charge in [0, 0.05) is 24.0 Å². The molecular formula is C20H20N4O2. The molecule has 0 saturated carbocycles. The van der Waals surface area contributed by atoms with Gasteiger partial charge in [-0.15, -0.1) is 0 Å². The third-order valence-corrected chi connectivity index (χ3v) is 4.19. The summed E-state index contributed by atoms with van der Waals surface area (Å²) in [7, 11) is 0. The van der Waals surface area contributed by atoms with Crippen molar-refractivity contribution in [1.29, 1.82) is 0 Å². The van der Waals surface area contributed by atoms with E-state index in [9.17, 15) is 9.59 Å². The second-order valence-corrected chi connectivity index (χ2v) is 6.06. The van der Waals surface area contributed by atoms with Crippen LogP contribution in [-0.2, 0) is 4.79 Å². The van der Waals surface area contributed by atoms with E-state index in [1.54, 1.807) is 31.5 Å². The summed E-state index contributed by atoms with van der Waals surface area (Å²) in [5.41, 5.74) is 2.05. The molecule has 2 heterocycles. The van der Waals surface area contributed by atoms with E-state index in [4.69, 9.17) is 0 Å². The molecule has 1 N–H and O–H groups in total. The van der Waals surface area contributed by atoms with Gasteiger partial charge < -0.3 is 5.32 Å². The fraction of sp³-hybridized carbons (Fsp3) is 0.200. The fourth-order valence-electron chi connectivity index (χ4n) is 2.64. The van der Waals surface area contributed by atoms with Gasteiger partial charge in [0.05, 0.1) is 11.7 Å². The van der Waals surface area contributed by atoms with E-state index >= 15 is 0 Å². The third kappa shape index (κ3) is 3.85. The van der Waals surface area contributed by atoms with Crippen LogP contribution in [0.15, 0.2) is 71.8 Å². The van der Waals surface area contributed by atoms with Gasteiger partial charge in [0.2, 0.25) is 5.91 Å². The molecule has 1 aromatic carbocycles. The maximum absolute atomic E-state index is 12.6. The average molecular weight is 348 g/mol. The number of pyridine rings is 1. The van der Waals surface area contributed by atoms with Crippen LogP contribution < -0.4 is 10.9 Å². The van der Waals surface area contributed by atoms with Crippen LogP contribution in [0.3, 0.4) is 0 Å². The van der Waals surface area contributed by atoms with Crippen molar-refractivity contribution in [3.05, 3.63) is 82.9 Å². The summed E-state index contributed by atoms with van der Waals surface area (Å²) in [5, 5.41) is 7.28. The average Bonchev–Trinajstić information content (AvgIpc) is 2.69. The van der Waals surface area contributed by atoms with Crippen LogP contribution in [0.2, 0.25) is 0 Å². The maximum atomic E-state index is 12.6. The van der Waals surface area contributed by atoms with Gasteiger partial charge in [0.25, 0.3) is 5.56 Å². The number of rotatable bonds is 5. The summed E-state index contributed by atoms with van der Waals surface area (Å²) in [6.07, 6.45) is 3.33. The highest BCUT2D eigenvalue weighted by Crippen LogP contribution is 2.15. The number of nitrogens with one attached hydrogen (secondary N) is 1. The van der Waals surface area contributed by atoms with Gasteiger partial charge in [-0.05, 0) is 37.6 Å². The van der Waals surface area contributed by atoms with Crippen LogP contribution >= 0.6 is 0 Å². The van der Waals surface area contributed by atoms with Crippen molar-refractivity contribution < 1.29 is 4.79 Å². The maximum Gasteiger partial charge on any atom is 0.267 e. The highest BCUT2D eigenvalue weighted by Gasteiger charge is 2.20. The van der Waals surface area contributed by atoms with Crippen LogP contribution in [0.1, 0.15) is 31.5 Å². The molecular weight excluding hydrogens is 328 g/mol. The van der Waals surface area contributed by atoms with Crippen LogP contribution in [0.25, 0.3) is 11.3 Å². The Bertz CT molecular complexity index is 939. The van der Waals surface area contributed by atoms with Crippen molar-refractivity contribution in [3.63, 3.8) is 0 Å². The highest BCUT2D eigenvalue weighted by molar-refractivity contribution is 5.80. The van der Waals surface area contributed by atoms with Crippen molar-refractivity contribution in [3.8, 4) is 11.3 Å². The number of hydrogen-bond donors (Lipinski definition) is 1. The topological polar surface area (TPSA) is 76.9 Å². The van der Waals surface area contributed by atoms with Crippen molar-refractivity contribution in [1.82, 2.24) is 20.1 Å². The first kappa shape index (κ1) is 17.5. The minimum Gasteiger partial charge on any atom is -0.348 e. The molecule has 0 aliphatic rings. The predicted molar refractivity (Wildman–Crippen MR) is 99.4 cm³/mol. The van der Waals surface area contributed by atoms with E-state index in [-0.39, 0.29) is 17.5 Å². The lowest BCUT2D eigenvalue weighted by molar-refractivity contribution is -0.124. The Kier molecular flexibility index (Phi) is 5.22. The molecule has 3 aromatic rings. The highest BCUT2D eigenvalue weighted by atomic mass is 16.2. The molecule has 2 aromatic heterocycles. The number of carbonyl (C=O) groups excluding carboxylic acids is 1. The number of amides is 1. The molecule has 2 atom stereocenters. The Morgan fingerprint density at radius 1 is 1.04 bits per heavy atom. The Morgan fingerprint density at radius 2 is 1.81 bits per heavy atom. The van der Waals surface area contributed by atoms with Gasteiger partial charge in [-0.25, -0.2) is 4.68 Å². The van der Waals surface area contributed by atoms with E-state index in [0.717, 1.165) is 11.1 Å². The molecule has 0 spiro atoms. The van der Waals surface area contributed by atoms with E-state index in [2.05, 4.69) is 15.4 Å². The van der Waals surface area contributed by atoms with Crippen LogP contribution in [0, 0.1) is 0 Å². The SMILES string of the molecule is CC(NC(=O)C(C)n1nc(-c2cccnc2)ccc1=O)c1ccccc1. The summed E-state index contributed by atoms with van der Waals surface area (Å²) in [4.78, 5) is 28.9. The van der Waals surface area contributed by atoms with Crippen LogP contribution in [0.5, 0.6) is 0 Å². The van der Waals surface area contributed by atoms with Crippen LogP contribution in [0.4, 0.5) is 0 Å². The van der Waals surface area contributed by atoms with Gasteiger partial charge in [0.15, 0.2) is 0 Å². The zero-order chi connectivity index (χ0) is 18.5. The fourth-order valence-corrected chi connectivity index (χ4v) is 2.64. The Balaban J connectivity index is 1.82. The molecule has 6 heteroatoms. The monoisotopic (exact) mass is 348 g/mol. The van der Waals surface area contributed by atoms with Gasteiger partial charge >= 0.3 is 0 Å². The molecule has 0 aliphatic heterocycles. The number of nitrogens with zero attached hydrogens (tertiary/aromatic N) is 3. The lowest BCUT2D eigenvalue weighted by Gasteiger charge is -2.19. The number of hydrogen-bond acceptors (Lipinski definition) is 4. The number of aromatic nitrogens is 3. The van der Waals surface area contributed by atoms with Crippen molar-refractivity contribution >= 4 is 5.91 Å². The first-order valence-corrected chi connectivity index (χ1v) is 8.42. The standard InChI is InChI=1S/C20H20N4O2/c1-14(16-7-4-3-5-8-16)22-20(26)15(2)24-19(25)11-10-18(23-24)17-9-6-12-21-13-17/h3-15H,1-2H3,(H,22,26). The normalized spacial score (nSPS) is 13.0. The molecule has 132 valence electrons. The minimum absolute atomic E-state index is 0.164.